The van der Waals surface area contributed by atoms with Gasteiger partial charge < -0.3 is 10.6 Å². The zero-order valence-electron chi connectivity index (χ0n) is 15.5. The van der Waals surface area contributed by atoms with Gasteiger partial charge >= 0.3 is 0 Å². The fourth-order valence-corrected chi connectivity index (χ4v) is 2.93. The molecule has 0 aliphatic rings. The van der Waals surface area contributed by atoms with E-state index in [1.807, 2.05) is 13.0 Å². The number of benzene rings is 2. The summed E-state index contributed by atoms with van der Waals surface area (Å²) in [5, 5.41) is 11.4. The summed E-state index contributed by atoms with van der Waals surface area (Å²) in [7, 11) is -3.67. The minimum absolute atomic E-state index is 0.0967. The van der Waals surface area contributed by atoms with Gasteiger partial charge in [0.1, 0.15) is 5.82 Å². The van der Waals surface area contributed by atoms with Crippen molar-refractivity contribution in [3.8, 4) is 0 Å². The summed E-state index contributed by atoms with van der Waals surface area (Å²) < 4.78 is 36.2. The molecule has 0 radical (unpaired) electrons. The normalized spacial score (nSPS) is 12.1. The Kier molecular flexibility index (Phi) is 7.32. The summed E-state index contributed by atoms with van der Waals surface area (Å²) in [6, 6.07) is 11.6. The lowest BCUT2D eigenvalue weighted by Gasteiger charge is -2.11. The Morgan fingerprint density at radius 2 is 1.78 bits per heavy atom. The second-order valence-electron chi connectivity index (χ2n) is 6.14. The zero-order chi connectivity index (χ0) is 19.9. The Balaban J connectivity index is 1.92. The van der Waals surface area contributed by atoms with E-state index in [4.69, 9.17) is 5.14 Å². The van der Waals surface area contributed by atoms with Crippen LogP contribution < -0.4 is 15.8 Å². The molecule has 2 rings (SSSR count). The molecule has 0 bridgehead atoms. The Hall–Kier alpha value is -2.45. The molecule has 27 heavy (non-hydrogen) atoms. The Morgan fingerprint density at radius 3 is 2.37 bits per heavy atom. The number of guanidine groups is 1. The van der Waals surface area contributed by atoms with Crippen LogP contribution in [-0.2, 0) is 23.0 Å². The van der Waals surface area contributed by atoms with Crippen LogP contribution in [0.25, 0.3) is 0 Å². The van der Waals surface area contributed by atoms with E-state index in [-0.39, 0.29) is 10.7 Å². The quantitative estimate of drug-likeness (QED) is 0.496. The number of aliphatic imine (C=N–C) groups is 1. The average molecular weight is 393 g/mol. The molecule has 0 spiro atoms. The molecule has 146 valence electrons. The van der Waals surface area contributed by atoms with Gasteiger partial charge in [0.25, 0.3) is 0 Å². The summed E-state index contributed by atoms with van der Waals surface area (Å²) in [6.45, 7) is 5.38. The predicted molar refractivity (Wildman–Crippen MR) is 105 cm³/mol. The van der Waals surface area contributed by atoms with Gasteiger partial charge in [0.15, 0.2) is 5.96 Å². The van der Waals surface area contributed by atoms with Crippen LogP contribution >= 0.6 is 0 Å². The monoisotopic (exact) mass is 392 g/mol. The number of rotatable bonds is 7. The van der Waals surface area contributed by atoms with E-state index in [1.54, 1.807) is 25.1 Å². The summed E-state index contributed by atoms with van der Waals surface area (Å²) >= 11 is 0. The van der Waals surface area contributed by atoms with Crippen LogP contribution in [0.5, 0.6) is 0 Å². The number of halogens is 1. The zero-order valence-corrected chi connectivity index (χ0v) is 16.3. The minimum Gasteiger partial charge on any atom is -0.357 e. The lowest BCUT2D eigenvalue weighted by Crippen LogP contribution is -2.38. The number of nitrogens with one attached hydrogen (secondary N) is 2. The first kappa shape index (κ1) is 20.9. The highest BCUT2D eigenvalue weighted by Crippen LogP contribution is 2.10. The molecule has 0 saturated carbocycles. The fourth-order valence-electron chi connectivity index (χ4n) is 2.42. The number of nitrogens with zero attached hydrogens (tertiary/aromatic N) is 1. The number of aryl methyl sites for hydroxylation is 1. The first-order valence-electron chi connectivity index (χ1n) is 8.68. The summed E-state index contributed by atoms with van der Waals surface area (Å²) in [6.07, 6.45) is 0.689. The molecule has 6 nitrogen and oxygen atoms in total. The molecule has 0 amide bonds. The maximum atomic E-state index is 13.6. The summed E-state index contributed by atoms with van der Waals surface area (Å²) in [4.78, 5) is 4.56. The van der Waals surface area contributed by atoms with Gasteiger partial charge in [-0.2, -0.15) is 0 Å². The molecule has 0 unspecified atom stereocenters. The van der Waals surface area contributed by atoms with Gasteiger partial charge in [-0.15, -0.1) is 0 Å². The molecule has 0 aliphatic carbocycles. The standard InChI is InChI=1S/C19H25FN4O2S/c1-3-22-19(24-13-16-5-4-14(2)18(20)12-16)23-11-10-15-6-8-17(9-7-15)27(21,25)26/h4-9,12H,3,10-11,13H2,1-2H3,(H2,21,25,26)(H2,22,23,24). The van der Waals surface area contributed by atoms with Crippen molar-refractivity contribution in [3.05, 3.63) is 65.0 Å². The lowest BCUT2D eigenvalue weighted by molar-refractivity contribution is 0.597. The minimum atomic E-state index is -3.67. The number of hydrogen-bond acceptors (Lipinski definition) is 3. The second-order valence-corrected chi connectivity index (χ2v) is 7.71. The van der Waals surface area contributed by atoms with E-state index >= 15 is 0 Å². The van der Waals surface area contributed by atoms with Crippen LogP contribution in [0.3, 0.4) is 0 Å². The van der Waals surface area contributed by atoms with E-state index in [0.717, 1.165) is 11.1 Å². The van der Waals surface area contributed by atoms with Crippen molar-refractivity contribution in [2.75, 3.05) is 13.1 Å². The molecule has 2 aromatic rings. The molecule has 0 saturated heterocycles. The van der Waals surface area contributed by atoms with Gasteiger partial charge in [-0.1, -0.05) is 24.3 Å². The molecular weight excluding hydrogens is 367 g/mol. The van der Waals surface area contributed by atoms with Crippen LogP contribution in [-0.4, -0.2) is 27.5 Å². The molecule has 0 aliphatic heterocycles. The molecule has 8 heteroatoms. The molecule has 0 atom stereocenters. The van der Waals surface area contributed by atoms with Crippen LogP contribution in [0.15, 0.2) is 52.4 Å². The van der Waals surface area contributed by atoms with Crippen LogP contribution in [0, 0.1) is 12.7 Å². The number of sulfonamides is 1. The van der Waals surface area contributed by atoms with Crippen molar-refractivity contribution in [2.45, 2.75) is 31.7 Å². The molecule has 4 N–H and O–H groups in total. The smallest absolute Gasteiger partial charge is 0.238 e. The first-order valence-corrected chi connectivity index (χ1v) is 10.2. The average Bonchev–Trinajstić information content (AvgIpc) is 2.62. The lowest BCUT2D eigenvalue weighted by atomic mass is 10.1. The van der Waals surface area contributed by atoms with E-state index in [2.05, 4.69) is 15.6 Å². The van der Waals surface area contributed by atoms with Crippen molar-refractivity contribution in [1.82, 2.24) is 10.6 Å². The van der Waals surface area contributed by atoms with Crippen molar-refractivity contribution in [2.24, 2.45) is 10.1 Å². The third kappa shape index (κ3) is 6.65. The molecule has 0 fully saturated rings. The maximum Gasteiger partial charge on any atom is 0.238 e. The van der Waals surface area contributed by atoms with Gasteiger partial charge in [-0.25, -0.2) is 22.9 Å². The number of primary sulfonamides is 1. The van der Waals surface area contributed by atoms with Crippen molar-refractivity contribution in [3.63, 3.8) is 0 Å². The molecular formula is C19H25FN4O2S. The SMILES string of the molecule is CCNC(=NCc1ccc(C)c(F)c1)NCCc1ccc(S(N)(=O)=O)cc1. The number of nitrogens with two attached hydrogens (primary N) is 1. The van der Waals surface area contributed by atoms with E-state index in [0.29, 0.717) is 37.6 Å². The summed E-state index contributed by atoms with van der Waals surface area (Å²) in [5.41, 5.74) is 2.39. The highest BCUT2D eigenvalue weighted by Gasteiger charge is 2.07. The fraction of sp³-hybridized carbons (Fsp3) is 0.316. The maximum absolute atomic E-state index is 13.6. The highest BCUT2D eigenvalue weighted by molar-refractivity contribution is 7.89. The van der Waals surface area contributed by atoms with Gasteiger partial charge in [0.2, 0.25) is 10.0 Å². The Labute approximate surface area is 159 Å². The van der Waals surface area contributed by atoms with Crippen LogP contribution in [0.2, 0.25) is 0 Å². The van der Waals surface area contributed by atoms with Gasteiger partial charge in [-0.3, -0.25) is 0 Å². The van der Waals surface area contributed by atoms with E-state index in [9.17, 15) is 12.8 Å². The topological polar surface area (TPSA) is 96.6 Å². The number of hydrogen-bond donors (Lipinski definition) is 3. The van der Waals surface area contributed by atoms with Gasteiger partial charge in [0.05, 0.1) is 11.4 Å². The predicted octanol–water partition coefficient (Wildman–Crippen LogP) is 2.08. The van der Waals surface area contributed by atoms with Crippen molar-refractivity contribution in [1.29, 1.82) is 0 Å². The highest BCUT2D eigenvalue weighted by atomic mass is 32.2. The molecule has 0 heterocycles. The summed E-state index contributed by atoms with van der Waals surface area (Å²) in [5.74, 6) is 0.406. The first-order chi connectivity index (χ1) is 12.8. The van der Waals surface area contributed by atoms with Crippen LogP contribution in [0.4, 0.5) is 4.39 Å². The third-order valence-corrected chi connectivity index (χ3v) is 4.89. The molecule has 0 aromatic heterocycles. The van der Waals surface area contributed by atoms with E-state index < -0.39 is 10.0 Å². The van der Waals surface area contributed by atoms with Gasteiger partial charge in [-0.05, 0) is 55.2 Å². The molecule has 2 aromatic carbocycles. The third-order valence-electron chi connectivity index (χ3n) is 3.96. The van der Waals surface area contributed by atoms with Crippen molar-refractivity contribution < 1.29 is 12.8 Å². The second kappa shape index (κ2) is 9.48. The Bertz CT molecular complexity index is 896. The van der Waals surface area contributed by atoms with E-state index in [1.165, 1.54) is 18.2 Å². The van der Waals surface area contributed by atoms with Crippen LogP contribution in [0.1, 0.15) is 23.6 Å². The van der Waals surface area contributed by atoms with Gasteiger partial charge in [0, 0.05) is 13.1 Å². The van der Waals surface area contributed by atoms with Crippen molar-refractivity contribution >= 4 is 16.0 Å². The largest absolute Gasteiger partial charge is 0.357 e. The Morgan fingerprint density at radius 1 is 1.11 bits per heavy atom.